The molecule has 0 spiro atoms. The topological polar surface area (TPSA) is 21.3 Å². The van der Waals surface area contributed by atoms with Gasteiger partial charge in [0.1, 0.15) is 5.75 Å². The summed E-state index contributed by atoms with van der Waals surface area (Å²) in [6.07, 6.45) is 3.49. The van der Waals surface area contributed by atoms with Gasteiger partial charge in [0, 0.05) is 11.1 Å². The molecule has 17 heavy (non-hydrogen) atoms. The second-order valence-corrected chi connectivity index (χ2v) is 4.91. The van der Waals surface area contributed by atoms with Crippen molar-refractivity contribution in [2.75, 3.05) is 13.2 Å². The van der Waals surface area contributed by atoms with Gasteiger partial charge in [-0.1, -0.05) is 31.5 Å². The molecule has 0 unspecified atom stereocenters. The average Bonchev–Trinajstić information content (AvgIpc) is 2.27. The SMILES string of the molecule is CC(C)NCCCCCOc1cccc(Cl)c1. The van der Waals surface area contributed by atoms with Crippen LogP contribution in [0, 0.1) is 0 Å². The molecule has 0 heterocycles. The van der Waals surface area contributed by atoms with Gasteiger partial charge in [-0.3, -0.25) is 0 Å². The van der Waals surface area contributed by atoms with Crippen molar-refractivity contribution < 1.29 is 4.74 Å². The fourth-order valence-corrected chi connectivity index (χ4v) is 1.72. The molecular formula is C14H22ClNO. The predicted molar refractivity (Wildman–Crippen MR) is 73.9 cm³/mol. The maximum absolute atomic E-state index is 5.87. The summed E-state index contributed by atoms with van der Waals surface area (Å²) in [6.45, 7) is 6.20. The summed E-state index contributed by atoms with van der Waals surface area (Å²) >= 11 is 5.87. The van der Waals surface area contributed by atoms with E-state index < -0.39 is 0 Å². The van der Waals surface area contributed by atoms with Crippen LogP contribution in [0.1, 0.15) is 33.1 Å². The molecular weight excluding hydrogens is 234 g/mol. The monoisotopic (exact) mass is 255 g/mol. The Balaban J connectivity index is 2.01. The van der Waals surface area contributed by atoms with Gasteiger partial charge >= 0.3 is 0 Å². The van der Waals surface area contributed by atoms with Gasteiger partial charge in [-0.15, -0.1) is 0 Å². The number of unbranched alkanes of at least 4 members (excludes halogenated alkanes) is 2. The van der Waals surface area contributed by atoms with Crippen molar-refractivity contribution in [1.82, 2.24) is 5.32 Å². The number of halogens is 1. The van der Waals surface area contributed by atoms with Crippen LogP contribution in [0.4, 0.5) is 0 Å². The van der Waals surface area contributed by atoms with Crippen LogP contribution in [0.25, 0.3) is 0 Å². The van der Waals surface area contributed by atoms with Gasteiger partial charge in [0.25, 0.3) is 0 Å². The molecule has 0 aliphatic rings. The van der Waals surface area contributed by atoms with E-state index in [4.69, 9.17) is 16.3 Å². The van der Waals surface area contributed by atoms with E-state index >= 15 is 0 Å². The maximum Gasteiger partial charge on any atom is 0.120 e. The molecule has 0 amide bonds. The van der Waals surface area contributed by atoms with Crippen molar-refractivity contribution in [3.63, 3.8) is 0 Å². The summed E-state index contributed by atoms with van der Waals surface area (Å²) in [5.74, 6) is 0.859. The van der Waals surface area contributed by atoms with Crippen LogP contribution in [0.3, 0.4) is 0 Å². The molecule has 1 aromatic rings. The molecule has 0 atom stereocenters. The molecule has 0 saturated heterocycles. The lowest BCUT2D eigenvalue weighted by atomic mass is 10.2. The normalized spacial score (nSPS) is 10.8. The zero-order valence-electron chi connectivity index (χ0n) is 10.7. The van der Waals surface area contributed by atoms with Crippen LogP contribution in [0.2, 0.25) is 5.02 Å². The quantitative estimate of drug-likeness (QED) is 0.712. The lowest BCUT2D eigenvalue weighted by Gasteiger charge is -2.08. The van der Waals surface area contributed by atoms with E-state index in [1.54, 1.807) is 0 Å². The first-order valence-electron chi connectivity index (χ1n) is 6.30. The highest BCUT2D eigenvalue weighted by atomic mass is 35.5. The molecule has 1 N–H and O–H groups in total. The second kappa shape index (κ2) is 8.37. The standard InChI is InChI=1S/C14H22ClNO/c1-12(2)16-9-4-3-5-10-17-14-8-6-7-13(15)11-14/h6-8,11-12,16H,3-5,9-10H2,1-2H3. The summed E-state index contributed by atoms with van der Waals surface area (Å²) in [5, 5.41) is 4.13. The molecule has 0 saturated carbocycles. The van der Waals surface area contributed by atoms with E-state index in [-0.39, 0.29) is 0 Å². The highest BCUT2D eigenvalue weighted by molar-refractivity contribution is 6.30. The highest BCUT2D eigenvalue weighted by Crippen LogP contribution is 2.17. The third kappa shape index (κ3) is 7.24. The maximum atomic E-state index is 5.87. The second-order valence-electron chi connectivity index (χ2n) is 4.48. The summed E-state index contributed by atoms with van der Waals surface area (Å²) in [4.78, 5) is 0. The Morgan fingerprint density at radius 1 is 1.24 bits per heavy atom. The van der Waals surface area contributed by atoms with Crippen LogP contribution >= 0.6 is 11.6 Å². The van der Waals surface area contributed by atoms with Crippen LogP contribution in [0.5, 0.6) is 5.75 Å². The minimum Gasteiger partial charge on any atom is -0.494 e. The predicted octanol–water partition coefficient (Wildman–Crippen LogP) is 3.89. The van der Waals surface area contributed by atoms with Gasteiger partial charge < -0.3 is 10.1 Å². The summed E-state index contributed by atoms with van der Waals surface area (Å²) in [5.41, 5.74) is 0. The molecule has 3 heteroatoms. The van der Waals surface area contributed by atoms with Crippen molar-refractivity contribution >= 4 is 11.6 Å². The van der Waals surface area contributed by atoms with Crippen molar-refractivity contribution in [3.8, 4) is 5.75 Å². The fraction of sp³-hybridized carbons (Fsp3) is 0.571. The molecule has 2 nitrogen and oxygen atoms in total. The van der Waals surface area contributed by atoms with E-state index in [1.807, 2.05) is 24.3 Å². The lowest BCUT2D eigenvalue weighted by molar-refractivity contribution is 0.304. The molecule has 0 radical (unpaired) electrons. The zero-order chi connectivity index (χ0) is 12.5. The van der Waals surface area contributed by atoms with E-state index in [0.717, 1.165) is 30.3 Å². The summed E-state index contributed by atoms with van der Waals surface area (Å²) < 4.78 is 5.61. The summed E-state index contributed by atoms with van der Waals surface area (Å²) in [7, 11) is 0. The summed E-state index contributed by atoms with van der Waals surface area (Å²) in [6, 6.07) is 8.13. The molecule has 1 rings (SSSR count). The molecule has 1 aromatic carbocycles. The van der Waals surface area contributed by atoms with E-state index in [9.17, 15) is 0 Å². The molecule has 0 fully saturated rings. The number of hydrogen-bond acceptors (Lipinski definition) is 2. The van der Waals surface area contributed by atoms with E-state index in [2.05, 4.69) is 19.2 Å². The highest BCUT2D eigenvalue weighted by Gasteiger charge is 1.96. The number of ether oxygens (including phenoxy) is 1. The van der Waals surface area contributed by atoms with Gasteiger partial charge in [0.15, 0.2) is 0 Å². The zero-order valence-corrected chi connectivity index (χ0v) is 11.5. The smallest absolute Gasteiger partial charge is 0.120 e. The number of hydrogen-bond donors (Lipinski definition) is 1. The first kappa shape index (κ1) is 14.3. The Hall–Kier alpha value is -0.730. The van der Waals surface area contributed by atoms with Gasteiger partial charge in [-0.05, 0) is 44.0 Å². The van der Waals surface area contributed by atoms with Gasteiger partial charge in [0.05, 0.1) is 6.61 Å². The Morgan fingerprint density at radius 3 is 2.76 bits per heavy atom. The lowest BCUT2D eigenvalue weighted by Crippen LogP contribution is -2.23. The molecule has 0 aliphatic carbocycles. The Kier molecular flexibility index (Phi) is 7.06. The number of nitrogens with one attached hydrogen (secondary N) is 1. The Morgan fingerprint density at radius 2 is 2.06 bits per heavy atom. The first-order valence-corrected chi connectivity index (χ1v) is 6.68. The molecule has 0 aromatic heterocycles. The minimum absolute atomic E-state index is 0.581. The molecule has 0 aliphatic heterocycles. The molecule has 96 valence electrons. The van der Waals surface area contributed by atoms with Crippen molar-refractivity contribution in [3.05, 3.63) is 29.3 Å². The number of benzene rings is 1. The van der Waals surface area contributed by atoms with Crippen molar-refractivity contribution in [2.24, 2.45) is 0 Å². The third-order valence-corrected chi connectivity index (χ3v) is 2.67. The fourth-order valence-electron chi connectivity index (χ4n) is 1.54. The number of rotatable bonds is 8. The largest absolute Gasteiger partial charge is 0.494 e. The van der Waals surface area contributed by atoms with Crippen LogP contribution < -0.4 is 10.1 Å². The average molecular weight is 256 g/mol. The van der Waals surface area contributed by atoms with Crippen molar-refractivity contribution in [1.29, 1.82) is 0 Å². The van der Waals surface area contributed by atoms with Gasteiger partial charge in [0.2, 0.25) is 0 Å². The van der Waals surface area contributed by atoms with Crippen LogP contribution in [0.15, 0.2) is 24.3 Å². The Bertz CT molecular complexity index is 315. The van der Waals surface area contributed by atoms with Gasteiger partial charge in [-0.25, -0.2) is 0 Å². The third-order valence-electron chi connectivity index (χ3n) is 2.44. The van der Waals surface area contributed by atoms with Crippen LogP contribution in [-0.2, 0) is 0 Å². The van der Waals surface area contributed by atoms with Crippen LogP contribution in [-0.4, -0.2) is 19.2 Å². The molecule has 0 bridgehead atoms. The van der Waals surface area contributed by atoms with E-state index in [0.29, 0.717) is 6.04 Å². The first-order chi connectivity index (χ1) is 8.18. The minimum atomic E-state index is 0.581. The van der Waals surface area contributed by atoms with Gasteiger partial charge in [-0.2, -0.15) is 0 Å². The Labute approximate surface area is 109 Å². The van der Waals surface area contributed by atoms with E-state index in [1.165, 1.54) is 12.8 Å². The van der Waals surface area contributed by atoms with Crippen molar-refractivity contribution in [2.45, 2.75) is 39.2 Å².